The van der Waals surface area contributed by atoms with Crippen molar-refractivity contribution in [3.05, 3.63) is 91.0 Å². The van der Waals surface area contributed by atoms with Crippen LogP contribution in [0.15, 0.2) is 91.0 Å². The van der Waals surface area contributed by atoms with Crippen LogP contribution < -0.4 is 15.9 Å². The maximum Gasteiger partial charge on any atom is 1.00 e. The first-order valence-corrected chi connectivity index (χ1v) is 14.9. The molecule has 0 heterocycles. The zero-order valence-corrected chi connectivity index (χ0v) is 19.1. The van der Waals surface area contributed by atoms with E-state index in [1.54, 1.807) is 0 Å². The fraction of sp³-hybridized carbons (Fsp3) is 0. The van der Waals surface area contributed by atoms with Crippen LogP contribution in [0.5, 0.6) is 0 Å². The Hall–Kier alpha value is 0.207. The molecule has 0 atom stereocenters. The summed E-state index contributed by atoms with van der Waals surface area (Å²) in [7, 11) is 14.4. The minimum atomic E-state index is -1.75. The zero-order valence-electron chi connectivity index (χ0n) is 12.4. The van der Waals surface area contributed by atoms with Crippen LogP contribution in [0, 0.1) is 0 Å². The maximum absolute atomic E-state index is 4.95. The van der Waals surface area contributed by atoms with Gasteiger partial charge < -0.3 is 0 Å². The third-order valence-corrected chi connectivity index (χ3v) is 5.49. The predicted molar refractivity (Wildman–Crippen MR) is 103 cm³/mol. The fourth-order valence-corrected chi connectivity index (χ4v) is 4.48. The number of rotatable bonds is 3. The van der Waals surface area contributed by atoms with Gasteiger partial charge in [-0.25, -0.2) is 0 Å². The van der Waals surface area contributed by atoms with Crippen LogP contribution >= 0.6 is 37.0 Å². The van der Waals surface area contributed by atoms with Crippen molar-refractivity contribution < 1.29 is 32.5 Å². The van der Waals surface area contributed by atoms with Crippen LogP contribution in [0.25, 0.3) is 0 Å². The van der Waals surface area contributed by atoms with Crippen LogP contribution in [0.1, 0.15) is 0 Å². The number of hydrogen-bond donors (Lipinski definition) is 0. The van der Waals surface area contributed by atoms with Crippen molar-refractivity contribution in [2.75, 3.05) is 0 Å². The van der Waals surface area contributed by atoms with Gasteiger partial charge in [-0.3, -0.25) is 0 Å². The molecule has 0 aliphatic heterocycles. The average molecular weight is 571 g/mol. The third kappa shape index (κ3) is 7.62. The van der Waals surface area contributed by atoms with Gasteiger partial charge in [-0.15, -0.1) is 0 Å². The largest absolute Gasteiger partial charge is 1.00 e. The van der Waals surface area contributed by atoms with Crippen molar-refractivity contribution in [1.29, 1.82) is 0 Å². The van der Waals surface area contributed by atoms with Gasteiger partial charge in [0.15, 0.2) is 0 Å². The van der Waals surface area contributed by atoms with E-state index in [-0.39, 0.29) is 19.5 Å². The molecular weight excluding hydrogens is 556 g/mol. The van der Waals surface area contributed by atoms with Gasteiger partial charge in [-0.05, 0) is 23.8 Å². The second-order valence-corrected chi connectivity index (χ2v) is 14.6. The van der Waals surface area contributed by atoms with E-state index in [9.17, 15) is 0 Å². The smallest absolute Gasteiger partial charge is 0.0622 e. The average Bonchev–Trinajstić information content (AvgIpc) is 2.58. The number of halogens is 3. The van der Waals surface area contributed by atoms with Crippen LogP contribution in [-0.2, 0) is 32.5 Å². The van der Waals surface area contributed by atoms with E-state index in [1.165, 1.54) is 15.9 Å². The topological polar surface area (TPSA) is 0 Å². The maximum atomic E-state index is 4.95. The van der Waals surface area contributed by atoms with E-state index < -0.39 is 20.9 Å². The van der Waals surface area contributed by atoms with E-state index in [4.69, 9.17) is 29.1 Å². The van der Waals surface area contributed by atoms with Gasteiger partial charge in [0, 0.05) is 0 Å². The van der Waals surface area contributed by atoms with Crippen LogP contribution in [0.3, 0.4) is 0 Å². The van der Waals surface area contributed by atoms with E-state index in [0.717, 1.165) is 0 Å². The van der Waals surface area contributed by atoms with Crippen LogP contribution in [-0.4, -0.2) is 0 Å². The Morgan fingerprint density at radius 1 is 0.500 bits per heavy atom. The van der Waals surface area contributed by atoms with Gasteiger partial charge >= 0.3 is 61.5 Å². The molecule has 0 N–H and O–H groups in total. The van der Waals surface area contributed by atoms with Crippen molar-refractivity contribution in [2.24, 2.45) is 0 Å². The second kappa shape index (κ2) is 12.5. The Bertz CT molecular complexity index is 586. The Balaban J connectivity index is 0.000000522. The molecule has 0 aliphatic rings. The Labute approximate surface area is 175 Å². The summed E-state index contributed by atoms with van der Waals surface area (Å²) in [6, 6.07) is 32.3. The molecule has 128 valence electrons. The van der Waals surface area contributed by atoms with E-state index >= 15 is 0 Å². The van der Waals surface area contributed by atoms with E-state index in [0.29, 0.717) is 0 Å². The van der Waals surface area contributed by atoms with E-state index in [1.807, 2.05) is 0 Å². The molecule has 0 fully saturated rings. The summed E-state index contributed by atoms with van der Waals surface area (Å²) in [4.78, 5) is 0. The molecule has 0 bridgehead atoms. The molecule has 1 radical (unpaired) electrons. The molecule has 0 aromatic heterocycles. The zero-order chi connectivity index (χ0) is 16.5. The molecule has 0 spiro atoms. The summed E-state index contributed by atoms with van der Waals surface area (Å²) < 4.78 is 0. The Kier molecular flexibility index (Phi) is 11.6. The van der Waals surface area contributed by atoms with E-state index in [2.05, 4.69) is 91.0 Å². The van der Waals surface area contributed by atoms with Gasteiger partial charge in [-0.1, -0.05) is 91.0 Å². The van der Waals surface area contributed by atoms with Crippen molar-refractivity contribution in [3.63, 3.8) is 0 Å². The van der Waals surface area contributed by atoms with Gasteiger partial charge in [0.05, 0.1) is 0 Å². The molecular formula is C18H15Cl3PRu2+. The summed E-state index contributed by atoms with van der Waals surface area (Å²) in [5, 5.41) is 4.19. The SMILES string of the molecule is [Cl][Ru]([Cl])[Cl].[Ru+].c1ccc(P(c2ccccc2)c2ccccc2)cc1. The third-order valence-electron chi connectivity index (χ3n) is 3.04. The van der Waals surface area contributed by atoms with Crippen LogP contribution in [0.4, 0.5) is 0 Å². The molecule has 0 saturated carbocycles. The van der Waals surface area contributed by atoms with Crippen molar-refractivity contribution >= 4 is 52.9 Å². The fourth-order valence-electron chi connectivity index (χ4n) is 2.18. The number of hydrogen-bond acceptors (Lipinski definition) is 0. The van der Waals surface area contributed by atoms with Crippen molar-refractivity contribution in [1.82, 2.24) is 0 Å². The summed E-state index contributed by atoms with van der Waals surface area (Å²) in [6.07, 6.45) is 0. The molecule has 3 rings (SSSR count). The standard InChI is InChI=1S/C18H15P.3ClH.2Ru/c1-4-10-16(11-5-1)19(17-12-6-2-7-13-17)18-14-8-3-9-15-18;;;;;/h1-15H;3*1H;;/q;;;;+1;+3/p-3. The molecule has 0 saturated heterocycles. The van der Waals surface area contributed by atoms with Crippen molar-refractivity contribution in [2.45, 2.75) is 0 Å². The minimum Gasteiger partial charge on any atom is -0.0622 e. The van der Waals surface area contributed by atoms with Gasteiger partial charge in [-0.2, -0.15) is 0 Å². The second-order valence-electron chi connectivity index (χ2n) is 4.49. The number of benzene rings is 3. The molecule has 0 amide bonds. The molecule has 24 heavy (non-hydrogen) atoms. The Morgan fingerprint density at radius 3 is 0.917 bits per heavy atom. The first-order chi connectivity index (χ1) is 11.2. The van der Waals surface area contributed by atoms with Gasteiger partial charge in [0.2, 0.25) is 0 Å². The predicted octanol–water partition coefficient (Wildman–Crippen LogP) is 5.51. The molecule has 3 aromatic carbocycles. The normalized spacial score (nSPS) is 10.2. The van der Waals surface area contributed by atoms with Gasteiger partial charge in [0.1, 0.15) is 0 Å². The Morgan fingerprint density at radius 2 is 0.708 bits per heavy atom. The summed E-state index contributed by atoms with van der Waals surface area (Å²) in [5.74, 6) is 0. The first kappa shape index (κ1) is 22.2. The molecule has 0 aliphatic carbocycles. The molecule has 0 nitrogen and oxygen atoms in total. The molecule has 0 unspecified atom stereocenters. The van der Waals surface area contributed by atoms with Crippen LogP contribution in [0.2, 0.25) is 0 Å². The monoisotopic (exact) mass is 571 g/mol. The minimum absolute atomic E-state index is 0. The first-order valence-electron chi connectivity index (χ1n) is 6.80. The molecule has 6 heteroatoms. The summed E-state index contributed by atoms with van der Waals surface area (Å²) >= 11 is -1.75. The molecule has 3 aromatic rings. The van der Waals surface area contributed by atoms with Crippen molar-refractivity contribution in [3.8, 4) is 0 Å². The van der Waals surface area contributed by atoms with Gasteiger partial charge in [0.25, 0.3) is 0 Å². The summed E-state index contributed by atoms with van der Waals surface area (Å²) in [5.41, 5.74) is 0. The quantitative estimate of drug-likeness (QED) is 0.288. The summed E-state index contributed by atoms with van der Waals surface area (Å²) in [6.45, 7) is 0.